The van der Waals surface area contributed by atoms with E-state index in [9.17, 15) is 0 Å². The van der Waals surface area contributed by atoms with Crippen LogP contribution in [-0.4, -0.2) is 27.9 Å². The van der Waals surface area contributed by atoms with Gasteiger partial charge in [-0.25, -0.2) is 4.57 Å². The van der Waals surface area contributed by atoms with E-state index in [0.29, 0.717) is 0 Å². The van der Waals surface area contributed by atoms with Gasteiger partial charge in [0.05, 0.1) is 0 Å². The Morgan fingerprint density at radius 1 is 1.25 bits per heavy atom. The predicted octanol–water partition coefficient (Wildman–Crippen LogP) is 1.49. The first-order valence-corrected chi connectivity index (χ1v) is 2.56. The summed E-state index contributed by atoms with van der Waals surface area (Å²) in [5.41, 5.74) is 0. The SMILES string of the molecule is O=PO.[CH2-]C.[CH2-]C.[Mg+2]. The van der Waals surface area contributed by atoms with Gasteiger partial charge < -0.3 is 18.7 Å². The smallest absolute Gasteiger partial charge is 0.346 e. The van der Waals surface area contributed by atoms with E-state index < -0.39 is 8.69 Å². The average Bonchev–Trinajstić information content (AvgIpc) is 1.78. The molecule has 0 spiro atoms. The summed E-state index contributed by atoms with van der Waals surface area (Å²) in [4.78, 5) is 6.99. The molecule has 4 heteroatoms. The Balaban J connectivity index is -0.0000000147. The van der Waals surface area contributed by atoms with Gasteiger partial charge in [-0.2, -0.15) is 13.8 Å². The van der Waals surface area contributed by atoms with Crippen LogP contribution in [0.4, 0.5) is 0 Å². The van der Waals surface area contributed by atoms with E-state index in [1.165, 1.54) is 0 Å². The molecule has 0 fully saturated rings. The van der Waals surface area contributed by atoms with Crippen LogP contribution in [0.5, 0.6) is 0 Å². The second kappa shape index (κ2) is 109. The first kappa shape index (κ1) is 23.2. The van der Waals surface area contributed by atoms with Gasteiger partial charge in [-0.1, -0.05) is 0 Å². The Morgan fingerprint density at radius 2 is 1.25 bits per heavy atom. The van der Waals surface area contributed by atoms with Crippen LogP contribution in [0.25, 0.3) is 0 Å². The molecule has 0 saturated carbocycles. The van der Waals surface area contributed by atoms with Crippen molar-refractivity contribution in [3.63, 3.8) is 0 Å². The number of hydrogen-bond acceptors (Lipinski definition) is 1. The van der Waals surface area contributed by atoms with Crippen LogP contribution < -0.4 is 0 Å². The molecule has 0 bridgehead atoms. The van der Waals surface area contributed by atoms with Gasteiger partial charge in [0.15, 0.2) is 0 Å². The molecule has 0 unspecified atom stereocenters. The summed E-state index contributed by atoms with van der Waals surface area (Å²) in [7, 11) is -0.833. The van der Waals surface area contributed by atoms with Crippen molar-refractivity contribution in [2.75, 3.05) is 0 Å². The van der Waals surface area contributed by atoms with Gasteiger partial charge in [-0.15, -0.1) is 0 Å². The molecular formula is C4H11MgO2P. The van der Waals surface area contributed by atoms with Gasteiger partial charge in [-0.05, 0) is 0 Å². The maximum atomic E-state index is 8.46. The van der Waals surface area contributed by atoms with Crippen LogP contribution in [0.2, 0.25) is 0 Å². The molecule has 0 saturated heterocycles. The summed E-state index contributed by atoms with van der Waals surface area (Å²) >= 11 is 0. The van der Waals surface area contributed by atoms with E-state index in [1.54, 1.807) is 13.8 Å². The van der Waals surface area contributed by atoms with E-state index >= 15 is 0 Å². The molecule has 0 aliphatic carbocycles. The number of hydrogen-bond donors (Lipinski definition) is 1. The van der Waals surface area contributed by atoms with Crippen molar-refractivity contribution in [1.82, 2.24) is 0 Å². The minimum atomic E-state index is -0.833. The topological polar surface area (TPSA) is 37.3 Å². The predicted molar refractivity (Wildman–Crippen MR) is 37.6 cm³/mol. The second-order valence-corrected chi connectivity index (χ2v) is 0.245. The van der Waals surface area contributed by atoms with Gasteiger partial charge >= 0.3 is 31.7 Å². The van der Waals surface area contributed by atoms with Crippen LogP contribution in [-0.2, 0) is 4.57 Å². The van der Waals surface area contributed by atoms with Crippen molar-refractivity contribution in [1.29, 1.82) is 0 Å². The zero-order valence-corrected chi connectivity index (χ0v) is 7.73. The minimum Gasteiger partial charge on any atom is -0.346 e. The summed E-state index contributed by atoms with van der Waals surface area (Å²) in [6, 6.07) is 0. The Bertz CT molecular complexity index is 21.5. The average molecular weight is 146 g/mol. The summed E-state index contributed by atoms with van der Waals surface area (Å²) in [5, 5.41) is 0. The Labute approximate surface area is 69.1 Å². The fraction of sp³-hybridized carbons (Fsp3) is 0.500. The van der Waals surface area contributed by atoms with E-state index in [0.717, 1.165) is 0 Å². The van der Waals surface area contributed by atoms with Crippen LogP contribution in [0, 0.1) is 13.8 Å². The fourth-order valence-corrected chi connectivity index (χ4v) is 0. The molecule has 1 N–H and O–H groups in total. The zero-order chi connectivity index (χ0) is 6.71. The Morgan fingerprint density at radius 3 is 1.25 bits per heavy atom. The Hall–Kier alpha value is 0.826. The zero-order valence-electron chi connectivity index (χ0n) is 5.42. The molecule has 0 aromatic heterocycles. The number of rotatable bonds is 0. The van der Waals surface area contributed by atoms with Gasteiger partial charge in [0, 0.05) is 0 Å². The molecule has 0 atom stereocenters. The van der Waals surface area contributed by atoms with E-state index in [-0.39, 0.29) is 23.1 Å². The molecular weight excluding hydrogens is 135 g/mol. The van der Waals surface area contributed by atoms with Crippen LogP contribution in [0.3, 0.4) is 0 Å². The Kier molecular flexibility index (Phi) is 317. The molecule has 8 heavy (non-hydrogen) atoms. The van der Waals surface area contributed by atoms with Gasteiger partial charge in [0.25, 0.3) is 0 Å². The molecule has 0 radical (unpaired) electrons. The third-order valence-electron chi connectivity index (χ3n) is 0. The van der Waals surface area contributed by atoms with E-state index in [2.05, 4.69) is 13.8 Å². The fourth-order valence-electron chi connectivity index (χ4n) is 0. The molecule has 0 amide bonds. The summed E-state index contributed by atoms with van der Waals surface area (Å²) in [6.07, 6.45) is 0. The molecule has 2 nitrogen and oxygen atoms in total. The standard InChI is InChI=1S/2C2H5.Mg.HO2P/c2*1-2;;1-3-2/h2*1H2,2H3;;(H,1,2)/q2*-1;+2;. The quantitative estimate of drug-likeness (QED) is 0.319. The third-order valence-corrected chi connectivity index (χ3v) is 0. The third kappa shape index (κ3) is 339. The summed E-state index contributed by atoms with van der Waals surface area (Å²) in [5.74, 6) is 0. The van der Waals surface area contributed by atoms with Crippen molar-refractivity contribution < 1.29 is 9.46 Å². The summed E-state index contributed by atoms with van der Waals surface area (Å²) < 4.78 is 8.46. The maximum Gasteiger partial charge on any atom is 2.00 e. The first-order chi connectivity index (χ1) is 3.41. The van der Waals surface area contributed by atoms with Crippen molar-refractivity contribution in [3.8, 4) is 0 Å². The van der Waals surface area contributed by atoms with Crippen LogP contribution in [0.1, 0.15) is 13.8 Å². The van der Waals surface area contributed by atoms with Crippen molar-refractivity contribution in [2.24, 2.45) is 0 Å². The maximum absolute atomic E-state index is 8.46. The van der Waals surface area contributed by atoms with E-state index in [4.69, 9.17) is 9.46 Å². The van der Waals surface area contributed by atoms with Crippen LogP contribution in [0.15, 0.2) is 0 Å². The normalized spacial score (nSPS) is 4.12. The molecule has 0 aliphatic rings. The second-order valence-electron chi connectivity index (χ2n) is 0.0816. The molecule has 0 aromatic rings. The van der Waals surface area contributed by atoms with Crippen molar-refractivity contribution in [3.05, 3.63) is 13.8 Å². The molecule has 0 aromatic carbocycles. The molecule has 46 valence electrons. The minimum absolute atomic E-state index is 0. The van der Waals surface area contributed by atoms with Crippen molar-refractivity contribution >= 4 is 31.7 Å². The first-order valence-electron chi connectivity index (χ1n) is 1.80. The van der Waals surface area contributed by atoms with E-state index in [1.807, 2.05) is 0 Å². The largest absolute Gasteiger partial charge is 2.00 e. The van der Waals surface area contributed by atoms with Crippen molar-refractivity contribution in [2.45, 2.75) is 13.8 Å². The molecule has 0 aliphatic heterocycles. The molecule has 0 rings (SSSR count). The monoisotopic (exact) mass is 146 g/mol. The van der Waals surface area contributed by atoms with Gasteiger partial charge in [0.1, 0.15) is 0 Å². The summed E-state index contributed by atoms with van der Waals surface area (Å²) in [6.45, 7) is 10.0. The van der Waals surface area contributed by atoms with Crippen LogP contribution >= 0.6 is 8.69 Å². The van der Waals surface area contributed by atoms with Gasteiger partial charge in [-0.3, -0.25) is 0 Å². The molecule has 0 heterocycles. The van der Waals surface area contributed by atoms with Gasteiger partial charge in [0.2, 0.25) is 0 Å².